The van der Waals surface area contributed by atoms with Gasteiger partial charge in [-0.15, -0.1) is 0 Å². The summed E-state index contributed by atoms with van der Waals surface area (Å²) in [6.45, 7) is 4.59. The van der Waals surface area contributed by atoms with Crippen molar-refractivity contribution in [1.82, 2.24) is 4.31 Å². The minimum atomic E-state index is -3.63. The van der Waals surface area contributed by atoms with Crippen molar-refractivity contribution in [2.24, 2.45) is 11.8 Å². The Bertz CT molecular complexity index is 1200. The van der Waals surface area contributed by atoms with Gasteiger partial charge in [-0.3, -0.25) is 4.79 Å². The SMILES string of the molecule is C[C@H]1C[C@H](C)CN(S(=O)(=O)c2ccc(C(=O)OCC(=O)c3cc4ccccc4o3)cc2)C1. The number of esters is 1. The molecule has 1 aliphatic rings. The van der Waals surface area contributed by atoms with Gasteiger partial charge in [0.05, 0.1) is 10.5 Å². The maximum atomic E-state index is 13.0. The fourth-order valence-electron chi connectivity index (χ4n) is 4.12. The van der Waals surface area contributed by atoms with E-state index in [0.717, 1.165) is 11.8 Å². The van der Waals surface area contributed by atoms with Crippen LogP contribution in [-0.2, 0) is 14.8 Å². The third kappa shape index (κ3) is 4.61. The lowest BCUT2D eigenvalue weighted by Gasteiger charge is -2.34. The van der Waals surface area contributed by atoms with Crippen molar-refractivity contribution in [2.45, 2.75) is 25.2 Å². The molecule has 4 rings (SSSR count). The molecule has 2 heterocycles. The van der Waals surface area contributed by atoms with Crippen molar-refractivity contribution in [3.63, 3.8) is 0 Å². The lowest BCUT2D eigenvalue weighted by molar-refractivity contribution is 0.0468. The molecule has 168 valence electrons. The van der Waals surface area contributed by atoms with Crippen LogP contribution in [-0.4, -0.2) is 44.2 Å². The van der Waals surface area contributed by atoms with Gasteiger partial charge in [0, 0.05) is 18.5 Å². The second-order valence-electron chi connectivity index (χ2n) is 8.44. The number of para-hydroxylation sites is 1. The van der Waals surface area contributed by atoms with Crippen LogP contribution < -0.4 is 0 Å². The summed E-state index contributed by atoms with van der Waals surface area (Å²) >= 11 is 0. The monoisotopic (exact) mass is 455 g/mol. The average Bonchev–Trinajstić information content (AvgIpc) is 3.21. The number of Topliss-reactive ketones (excluding diaryl/α,β-unsaturated/α-hetero) is 1. The molecule has 1 aromatic heterocycles. The summed E-state index contributed by atoms with van der Waals surface area (Å²) in [5, 5.41) is 0.788. The fraction of sp³-hybridized carbons (Fsp3) is 0.333. The van der Waals surface area contributed by atoms with E-state index >= 15 is 0 Å². The zero-order valence-electron chi connectivity index (χ0n) is 18.0. The van der Waals surface area contributed by atoms with Gasteiger partial charge in [0.15, 0.2) is 12.4 Å². The molecule has 7 nitrogen and oxygen atoms in total. The second kappa shape index (κ2) is 8.88. The first-order chi connectivity index (χ1) is 15.2. The number of hydrogen-bond donors (Lipinski definition) is 0. The number of fused-ring (bicyclic) bond motifs is 1. The molecule has 0 amide bonds. The largest absolute Gasteiger partial charge is 0.454 e. The molecular formula is C24H25NO6S. The number of nitrogens with zero attached hydrogens (tertiary/aromatic N) is 1. The van der Waals surface area contributed by atoms with Gasteiger partial charge in [0.1, 0.15) is 5.58 Å². The van der Waals surface area contributed by atoms with Gasteiger partial charge in [0.25, 0.3) is 0 Å². The summed E-state index contributed by atoms with van der Waals surface area (Å²) in [7, 11) is -3.63. The van der Waals surface area contributed by atoms with Crippen LogP contribution in [0.1, 0.15) is 41.2 Å². The van der Waals surface area contributed by atoms with Crippen molar-refractivity contribution < 1.29 is 27.2 Å². The quantitative estimate of drug-likeness (QED) is 0.410. The molecule has 1 saturated heterocycles. The zero-order valence-corrected chi connectivity index (χ0v) is 18.8. The second-order valence-corrected chi connectivity index (χ2v) is 10.4. The molecule has 1 fully saturated rings. The molecule has 0 radical (unpaired) electrons. The van der Waals surface area contributed by atoms with Gasteiger partial charge in [-0.25, -0.2) is 13.2 Å². The van der Waals surface area contributed by atoms with E-state index in [1.54, 1.807) is 18.2 Å². The van der Waals surface area contributed by atoms with E-state index < -0.39 is 28.4 Å². The topological polar surface area (TPSA) is 93.9 Å². The van der Waals surface area contributed by atoms with Crippen LogP contribution >= 0.6 is 0 Å². The average molecular weight is 456 g/mol. The van der Waals surface area contributed by atoms with Crippen molar-refractivity contribution in [3.05, 3.63) is 65.9 Å². The number of carbonyl (C=O) groups is 2. The molecule has 0 spiro atoms. The molecule has 0 unspecified atom stereocenters. The van der Waals surface area contributed by atoms with Crippen LogP contribution in [0.25, 0.3) is 11.0 Å². The standard InChI is InChI=1S/C24H25NO6S/c1-16-11-17(2)14-25(13-16)32(28,29)20-9-7-18(8-10-20)24(27)30-15-21(26)23-12-19-5-3-4-6-22(19)31-23/h3-10,12,16-17H,11,13-15H2,1-2H3/t16-,17-/m0/s1. The third-order valence-corrected chi connectivity index (χ3v) is 7.44. The normalized spacial score (nSPS) is 19.7. The number of furan rings is 1. The number of carbonyl (C=O) groups excluding carboxylic acids is 2. The maximum Gasteiger partial charge on any atom is 0.338 e. The van der Waals surface area contributed by atoms with Crippen LogP contribution in [0.15, 0.2) is 63.9 Å². The summed E-state index contributed by atoms with van der Waals surface area (Å²) in [6.07, 6.45) is 1.00. The van der Waals surface area contributed by atoms with Crippen molar-refractivity contribution in [1.29, 1.82) is 0 Å². The highest BCUT2D eigenvalue weighted by Gasteiger charge is 2.31. The maximum absolute atomic E-state index is 13.0. The minimum absolute atomic E-state index is 0.116. The summed E-state index contributed by atoms with van der Waals surface area (Å²) in [5.41, 5.74) is 0.748. The van der Waals surface area contributed by atoms with E-state index in [4.69, 9.17) is 9.15 Å². The summed E-state index contributed by atoms with van der Waals surface area (Å²) in [6, 6.07) is 14.4. The van der Waals surface area contributed by atoms with Crippen molar-refractivity contribution in [2.75, 3.05) is 19.7 Å². The zero-order chi connectivity index (χ0) is 22.9. The van der Waals surface area contributed by atoms with Crippen LogP contribution in [0, 0.1) is 11.8 Å². The molecule has 0 aliphatic carbocycles. The van der Waals surface area contributed by atoms with Crippen LogP contribution in [0.3, 0.4) is 0 Å². The minimum Gasteiger partial charge on any atom is -0.454 e. The smallest absolute Gasteiger partial charge is 0.338 e. The molecule has 0 bridgehead atoms. The van der Waals surface area contributed by atoms with E-state index in [-0.39, 0.29) is 16.2 Å². The van der Waals surface area contributed by atoms with Gasteiger partial charge < -0.3 is 9.15 Å². The van der Waals surface area contributed by atoms with Crippen LogP contribution in [0.2, 0.25) is 0 Å². The molecule has 32 heavy (non-hydrogen) atoms. The number of benzene rings is 2. The van der Waals surface area contributed by atoms with Gasteiger partial charge in [-0.1, -0.05) is 32.0 Å². The first-order valence-corrected chi connectivity index (χ1v) is 12.0. The van der Waals surface area contributed by atoms with Crippen molar-refractivity contribution in [3.8, 4) is 0 Å². The first kappa shape index (κ1) is 22.2. The van der Waals surface area contributed by atoms with Crippen LogP contribution in [0.4, 0.5) is 0 Å². The Morgan fingerprint density at radius 3 is 2.34 bits per heavy atom. The molecular weight excluding hydrogens is 430 g/mol. The van der Waals surface area contributed by atoms with Gasteiger partial charge in [0.2, 0.25) is 15.8 Å². The number of rotatable bonds is 6. The van der Waals surface area contributed by atoms with Gasteiger partial charge >= 0.3 is 5.97 Å². The summed E-state index contributed by atoms with van der Waals surface area (Å²) < 4.78 is 38.0. The van der Waals surface area contributed by atoms with Gasteiger partial charge in [-0.2, -0.15) is 4.31 Å². The lowest BCUT2D eigenvalue weighted by Crippen LogP contribution is -2.42. The van der Waals surface area contributed by atoms with E-state index in [9.17, 15) is 18.0 Å². The molecule has 0 saturated carbocycles. The molecule has 8 heteroatoms. The van der Waals surface area contributed by atoms with Crippen molar-refractivity contribution >= 4 is 32.7 Å². The molecule has 0 N–H and O–H groups in total. The Morgan fingerprint density at radius 1 is 1.03 bits per heavy atom. The first-order valence-electron chi connectivity index (χ1n) is 10.5. The Hall–Kier alpha value is -2.97. The van der Waals surface area contributed by atoms with E-state index in [2.05, 4.69) is 0 Å². The van der Waals surface area contributed by atoms with E-state index in [1.165, 1.54) is 28.6 Å². The third-order valence-electron chi connectivity index (χ3n) is 5.60. The predicted octanol–water partition coefficient (Wildman–Crippen LogP) is 4.14. The Morgan fingerprint density at radius 2 is 1.69 bits per heavy atom. The lowest BCUT2D eigenvalue weighted by atomic mass is 9.94. The highest BCUT2D eigenvalue weighted by atomic mass is 32.2. The predicted molar refractivity (Wildman–Crippen MR) is 119 cm³/mol. The fourth-order valence-corrected chi connectivity index (χ4v) is 5.80. The highest BCUT2D eigenvalue weighted by molar-refractivity contribution is 7.89. The molecule has 3 aromatic rings. The Labute approximate surface area is 187 Å². The number of hydrogen-bond acceptors (Lipinski definition) is 6. The highest BCUT2D eigenvalue weighted by Crippen LogP contribution is 2.27. The molecule has 1 aliphatic heterocycles. The molecule has 2 aromatic carbocycles. The number of ketones is 1. The molecule has 2 atom stereocenters. The summed E-state index contributed by atoms with van der Waals surface area (Å²) in [5.74, 6) is -0.453. The summed E-state index contributed by atoms with van der Waals surface area (Å²) in [4.78, 5) is 24.8. The van der Waals surface area contributed by atoms with Gasteiger partial charge in [-0.05, 0) is 54.7 Å². The van der Waals surface area contributed by atoms with E-state index in [0.29, 0.717) is 30.5 Å². The van der Waals surface area contributed by atoms with E-state index in [1.807, 2.05) is 26.0 Å². The Kier molecular flexibility index (Phi) is 6.17. The number of piperidine rings is 1. The number of ether oxygens (including phenoxy) is 1. The Balaban J connectivity index is 1.40. The van der Waals surface area contributed by atoms with Crippen LogP contribution in [0.5, 0.6) is 0 Å². The number of sulfonamides is 1.